The fourth-order valence-electron chi connectivity index (χ4n) is 1.88. The molecule has 1 aliphatic rings. The molecule has 1 saturated heterocycles. The van der Waals surface area contributed by atoms with Crippen LogP contribution in [0, 0.1) is 0 Å². The Morgan fingerprint density at radius 2 is 1.74 bits per heavy atom. The van der Waals surface area contributed by atoms with Crippen molar-refractivity contribution in [1.82, 2.24) is 0 Å². The van der Waals surface area contributed by atoms with Crippen LogP contribution in [0.15, 0.2) is 18.2 Å². The van der Waals surface area contributed by atoms with Gasteiger partial charge < -0.3 is 20.1 Å². The number of nitrogens with two attached hydrogens (primary N) is 1. The second kappa shape index (κ2) is 4.25. The first kappa shape index (κ1) is 13.9. The van der Waals surface area contributed by atoms with Gasteiger partial charge in [0.15, 0.2) is 0 Å². The second-order valence-electron chi connectivity index (χ2n) is 5.73. The van der Waals surface area contributed by atoms with E-state index in [0.29, 0.717) is 5.46 Å². The topological polar surface area (TPSA) is 81.8 Å². The van der Waals surface area contributed by atoms with Gasteiger partial charge in [-0.15, -0.1) is 0 Å². The largest absolute Gasteiger partial charge is 0.507 e. The molecule has 0 radical (unpaired) electrons. The van der Waals surface area contributed by atoms with Crippen LogP contribution in [0.1, 0.15) is 38.1 Å². The average Bonchev–Trinajstić information content (AvgIpc) is 2.48. The molecule has 6 heteroatoms. The molecular weight excluding hydrogens is 245 g/mol. The summed E-state index contributed by atoms with van der Waals surface area (Å²) in [6, 6.07) is 4.57. The first-order valence-electron chi connectivity index (χ1n) is 6.12. The number of benzene rings is 1. The quantitative estimate of drug-likeness (QED) is 0.773. The fraction of sp³-hybridized carbons (Fsp3) is 0.462. The van der Waals surface area contributed by atoms with Gasteiger partial charge in [0.25, 0.3) is 5.91 Å². The zero-order valence-electron chi connectivity index (χ0n) is 11.6. The van der Waals surface area contributed by atoms with E-state index >= 15 is 0 Å². The van der Waals surface area contributed by atoms with Crippen LogP contribution in [-0.4, -0.2) is 29.3 Å². The van der Waals surface area contributed by atoms with Crippen LogP contribution in [0.3, 0.4) is 0 Å². The highest BCUT2D eigenvalue weighted by Crippen LogP contribution is 2.36. The predicted octanol–water partition coefficient (Wildman–Crippen LogP) is 0.790. The van der Waals surface area contributed by atoms with E-state index in [0.717, 1.165) is 0 Å². The molecule has 1 amide bonds. The summed E-state index contributed by atoms with van der Waals surface area (Å²) in [5, 5.41) is 9.57. The van der Waals surface area contributed by atoms with Gasteiger partial charge in [-0.25, -0.2) is 0 Å². The van der Waals surface area contributed by atoms with Gasteiger partial charge >= 0.3 is 7.12 Å². The van der Waals surface area contributed by atoms with E-state index in [1.165, 1.54) is 12.1 Å². The molecule has 1 heterocycles. The SMILES string of the molecule is CC1(C)OB(c2ccc(O)c(C(N)=O)c2)OC1(C)C. The van der Waals surface area contributed by atoms with Gasteiger partial charge in [0.2, 0.25) is 0 Å². The minimum atomic E-state index is -0.684. The highest BCUT2D eigenvalue weighted by Gasteiger charge is 2.51. The third-order valence-corrected chi connectivity index (χ3v) is 3.81. The molecule has 0 saturated carbocycles. The minimum Gasteiger partial charge on any atom is -0.507 e. The molecule has 1 aliphatic heterocycles. The summed E-state index contributed by atoms with van der Waals surface area (Å²) in [6.45, 7) is 7.79. The van der Waals surface area contributed by atoms with Crippen LogP contribution in [0.25, 0.3) is 0 Å². The summed E-state index contributed by atoms with van der Waals surface area (Å²) < 4.78 is 11.7. The van der Waals surface area contributed by atoms with E-state index in [-0.39, 0.29) is 11.3 Å². The Labute approximate surface area is 112 Å². The lowest BCUT2D eigenvalue weighted by Gasteiger charge is -2.32. The third kappa shape index (κ3) is 2.33. The lowest BCUT2D eigenvalue weighted by molar-refractivity contribution is 0.00578. The maximum absolute atomic E-state index is 11.2. The number of phenols is 1. The maximum Gasteiger partial charge on any atom is 0.494 e. The Hall–Kier alpha value is -1.53. The number of rotatable bonds is 2. The molecule has 2 rings (SSSR count). The van der Waals surface area contributed by atoms with Crippen LogP contribution in [0.5, 0.6) is 5.75 Å². The number of carbonyl (C=O) groups is 1. The predicted molar refractivity (Wildman–Crippen MR) is 72.3 cm³/mol. The van der Waals surface area contributed by atoms with Gasteiger partial charge in [-0.3, -0.25) is 4.79 Å². The Balaban J connectivity index is 2.35. The molecule has 1 aromatic rings. The second-order valence-corrected chi connectivity index (χ2v) is 5.73. The molecule has 1 fully saturated rings. The lowest BCUT2D eigenvalue weighted by Crippen LogP contribution is -2.41. The van der Waals surface area contributed by atoms with Crippen molar-refractivity contribution in [3.8, 4) is 5.75 Å². The molecule has 1 aromatic carbocycles. The van der Waals surface area contributed by atoms with Gasteiger partial charge in [0.05, 0.1) is 16.8 Å². The number of hydrogen-bond donors (Lipinski definition) is 2. The third-order valence-electron chi connectivity index (χ3n) is 3.81. The maximum atomic E-state index is 11.2. The normalized spacial score (nSPS) is 20.5. The number of primary amides is 1. The molecule has 0 spiro atoms. The van der Waals surface area contributed by atoms with Gasteiger partial charge in [0, 0.05) is 0 Å². The molecule has 0 atom stereocenters. The van der Waals surface area contributed by atoms with Gasteiger partial charge in [-0.2, -0.15) is 0 Å². The van der Waals surface area contributed by atoms with Crippen molar-refractivity contribution in [3.05, 3.63) is 23.8 Å². The van der Waals surface area contributed by atoms with E-state index in [1.807, 2.05) is 27.7 Å². The summed E-state index contributed by atoms with van der Waals surface area (Å²) in [4.78, 5) is 11.2. The van der Waals surface area contributed by atoms with Crippen LogP contribution in [-0.2, 0) is 9.31 Å². The monoisotopic (exact) mass is 263 g/mol. The van der Waals surface area contributed by atoms with Gasteiger partial charge in [-0.1, -0.05) is 6.07 Å². The van der Waals surface area contributed by atoms with E-state index in [9.17, 15) is 9.90 Å². The van der Waals surface area contributed by atoms with E-state index < -0.39 is 24.2 Å². The van der Waals surface area contributed by atoms with Crippen molar-refractivity contribution in [2.45, 2.75) is 38.9 Å². The molecule has 19 heavy (non-hydrogen) atoms. The number of amides is 1. The van der Waals surface area contributed by atoms with Crippen molar-refractivity contribution in [1.29, 1.82) is 0 Å². The van der Waals surface area contributed by atoms with E-state index in [2.05, 4.69) is 0 Å². The summed E-state index contributed by atoms with van der Waals surface area (Å²) in [7, 11) is -0.580. The molecule has 0 bridgehead atoms. The molecule has 0 aromatic heterocycles. The van der Waals surface area contributed by atoms with Gasteiger partial charge in [0.1, 0.15) is 5.75 Å². The first-order valence-corrected chi connectivity index (χ1v) is 6.12. The van der Waals surface area contributed by atoms with Crippen molar-refractivity contribution in [2.24, 2.45) is 5.73 Å². The molecule has 3 N–H and O–H groups in total. The highest BCUT2D eigenvalue weighted by atomic mass is 16.7. The van der Waals surface area contributed by atoms with Crippen molar-refractivity contribution in [3.63, 3.8) is 0 Å². The van der Waals surface area contributed by atoms with Crippen molar-refractivity contribution >= 4 is 18.5 Å². The molecule has 0 aliphatic carbocycles. The zero-order valence-corrected chi connectivity index (χ0v) is 11.6. The van der Waals surface area contributed by atoms with Crippen molar-refractivity contribution in [2.75, 3.05) is 0 Å². The molecule has 0 unspecified atom stereocenters. The Morgan fingerprint density at radius 1 is 1.21 bits per heavy atom. The Bertz CT molecular complexity index is 511. The fourth-order valence-corrected chi connectivity index (χ4v) is 1.88. The van der Waals surface area contributed by atoms with Crippen LogP contribution in [0.2, 0.25) is 0 Å². The number of aromatic hydroxyl groups is 1. The van der Waals surface area contributed by atoms with Crippen LogP contribution in [0.4, 0.5) is 0 Å². The number of carbonyl (C=O) groups excluding carboxylic acids is 1. The smallest absolute Gasteiger partial charge is 0.494 e. The first-order chi connectivity index (χ1) is 8.64. The summed E-state index contributed by atoms with van der Waals surface area (Å²) >= 11 is 0. The average molecular weight is 263 g/mol. The minimum absolute atomic E-state index is 0.0622. The Morgan fingerprint density at radius 3 is 2.21 bits per heavy atom. The standard InChI is InChI=1S/C13H18BNO4/c1-12(2)13(3,4)19-14(18-12)8-5-6-10(16)9(7-8)11(15)17/h5-7,16H,1-4H3,(H2,15,17). The van der Waals surface area contributed by atoms with Gasteiger partial charge in [-0.05, 0) is 45.3 Å². The van der Waals surface area contributed by atoms with Crippen LogP contribution < -0.4 is 11.2 Å². The number of hydrogen-bond acceptors (Lipinski definition) is 4. The van der Waals surface area contributed by atoms with Crippen LogP contribution >= 0.6 is 0 Å². The molecule has 102 valence electrons. The molecular formula is C13H18BNO4. The van der Waals surface area contributed by atoms with E-state index in [4.69, 9.17) is 15.0 Å². The summed E-state index contributed by atoms with van der Waals surface area (Å²) in [5.41, 5.74) is 5.02. The van der Waals surface area contributed by atoms with E-state index in [1.54, 1.807) is 6.07 Å². The highest BCUT2D eigenvalue weighted by molar-refractivity contribution is 6.62. The Kier molecular flexibility index (Phi) is 3.11. The van der Waals surface area contributed by atoms with Crippen molar-refractivity contribution < 1.29 is 19.2 Å². The molecule has 5 nitrogen and oxygen atoms in total. The zero-order chi connectivity index (χ0) is 14.4. The summed E-state index contributed by atoms with van der Waals surface area (Å²) in [5.74, 6) is -0.830. The lowest BCUT2D eigenvalue weighted by atomic mass is 9.78. The summed E-state index contributed by atoms with van der Waals surface area (Å²) in [6.07, 6.45) is 0.